The Hall–Kier alpha value is -4.07. The molecule has 0 bridgehead atoms. The molecule has 4 aliphatic rings. The molecule has 0 radical (unpaired) electrons. The first kappa shape index (κ1) is 30.4. The lowest BCUT2D eigenvalue weighted by molar-refractivity contribution is -0.274. The lowest BCUT2D eigenvalue weighted by Crippen LogP contribution is -2.53. The minimum atomic E-state index is -4.77. The van der Waals surface area contributed by atoms with E-state index in [4.69, 9.17) is 4.99 Å². The van der Waals surface area contributed by atoms with E-state index in [2.05, 4.69) is 15.0 Å². The van der Waals surface area contributed by atoms with Crippen LogP contribution >= 0.6 is 0 Å². The van der Waals surface area contributed by atoms with Crippen LogP contribution < -0.4 is 10.1 Å². The molecule has 2 unspecified atom stereocenters. The van der Waals surface area contributed by atoms with Crippen molar-refractivity contribution in [2.24, 2.45) is 9.98 Å². The van der Waals surface area contributed by atoms with E-state index in [1.54, 1.807) is 47.8 Å². The molecular formula is C29H30F6N6O2. The quantitative estimate of drug-likeness (QED) is 0.457. The van der Waals surface area contributed by atoms with Crippen LogP contribution in [0.4, 0.5) is 26.3 Å². The third kappa shape index (κ3) is 7.86. The number of ether oxygens (including phenoxy) is 1. The van der Waals surface area contributed by atoms with Gasteiger partial charge in [0.1, 0.15) is 11.6 Å². The second-order valence-corrected chi connectivity index (χ2v) is 10.3. The molecule has 1 N–H and O–H groups in total. The van der Waals surface area contributed by atoms with E-state index >= 15 is 0 Å². The summed E-state index contributed by atoms with van der Waals surface area (Å²) < 4.78 is 80.7. The van der Waals surface area contributed by atoms with Crippen molar-refractivity contribution in [2.45, 2.75) is 44.0 Å². The van der Waals surface area contributed by atoms with Gasteiger partial charge >= 0.3 is 12.5 Å². The van der Waals surface area contributed by atoms with Crippen LogP contribution in [-0.2, 0) is 4.79 Å². The molecule has 0 saturated carbocycles. The number of nitrogens with one attached hydrogen (secondary N) is 1. The number of aliphatic imine (C=N–C) groups is 2. The molecule has 3 aliphatic heterocycles. The van der Waals surface area contributed by atoms with Gasteiger partial charge in [0.25, 0.3) is 0 Å². The number of fused-ring (bicyclic) bond motifs is 1. The summed E-state index contributed by atoms with van der Waals surface area (Å²) in [6.07, 6.45) is 2.25. The fourth-order valence-electron chi connectivity index (χ4n) is 5.33. The van der Waals surface area contributed by atoms with Crippen molar-refractivity contribution in [2.75, 3.05) is 32.7 Å². The van der Waals surface area contributed by atoms with Crippen LogP contribution in [0.25, 0.3) is 0 Å². The number of alkyl halides is 6. The zero-order chi connectivity index (χ0) is 30.6. The van der Waals surface area contributed by atoms with Crippen molar-refractivity contribution in [3.63, 3.8) is 0 Å². The summed E-state index contributed by atoms with van der Waals surface area (Å²) in [6, 6.07) is 5.29. The average molecular weight is 609 g/mol. The van der Waals surface area contributed by atoms with Crippen molar-refractivity contribution in [3.8, 4) is 5.75 Å². The predicted molar refractivity (Wildman–Crippen MR) is 148 cm³/mol. The Morgan fingerprint density at radius 1 is 1.02 bits per heavy atom. The van der Waals surface area contributed by atoms with Crippen LogP contribution in [-0.4, -0.2) is 84.1 Å². The summed E-state index contributed by atoms with van der Waals surface area (Å²) in [4.78, 5) is 27.6. The zero-order valence-electron chi connectivity index (χ0n) is 23.0. The number of allylic oxidation sites excluding steroid dienone is 5. The maximum absolute atomic E-state index is 13.1. The Bertz CT molecular complexity index is 1350. The first-order valence-electron chi connectivity index (χ1n) is 13.8. The molecule has 1 amide bonds. The van der Waals surface area contributed by atoms with Crippen LogP contribution in [0.3, 0.4) is 0 Å². The Labute approximate surface area is 244 Å². The summed E-state index contributed by atoms with van der Waals surface area (Å²) >= 11 is 0. The van der Waals surface area contributed by atoms with E-state index in [1.165, 1.54) is 18.2 Å². The second-order valence-electron chi connectivity index (χ2n) is 10.3. The van der Waals surface area contributed by atoms with Crippen molar-refractivity contribution in [1.82, 2.24) is 20.0 Å². The summed E-state index contributed by atoms with van der Waals surface area (Å²) in [5.74, 6) is 0.155. The molecule has 5 rings (SSSR count). The third-order valence-electron chi connectivity index (χ3n) is 7.55. The summed E-state index contributed by atoms with van der Waals surface area (Å²) in [6.45, 7) is 1.95. The van der Waals surface area contributed by atoms with Crippen LogP contribution in [0.2, 0.25) is 0 Å². The molecule has 1 aromatic rings. The molecule has 1 saturated heterocycles. The van der Waals surface area contributed by atoms with Gasteiger partial charge in [-0.25, -0.2) is 0 Å². The number of hydrogen-bond donors (Lipinski definition) is 1. The molecular weight excluding hydrogens is 578 g/mol. The normalized spacial score (nSPS) is 22.7. The van der Waals surface area contributed by atoms with Crippen molar-refractivity contribution < 1.29 is 35.9 Å². The predicted octanol–water partition coefficient (Wildman–Crippen LogP) is 5.07. The van der Waals surface area contributed by atoms with E-state index in [9.17, 15) is 31.1 Å². The van der Waals surface area contributed by atoms with Gasteiger partial charge in [0, 0.05) is 49.8 Å². The van der Waals surface area contributed by atoms with Gasteiger partial charge < -0.3 is 19.4 Å². The Morgan fingerprint density at radius 2 is 1.77 bits per heavy atom. The largest absolute Gasteiger partial charge is 0.573 e. The minimum Gasteiger partial charge on any atom is -0.406 e. The highest BCUT2D eigenvalue weighted by Gasteiger charge is 2.34. The topological polar surface area (TPSA) is 72.8 Å². The van der Waals surface area contributed by atoms with Gasteiger partial charge in [0.05, 0.1) is 25.0 Å². The summed E-state index contributed by atoms with van der Waals surface area (Å²) in [5.41, 5.74) is 0.838. The lowest BCUT2D eigenvalue weighted by Gasteiger charge is -2.37. The highest BCUT2D eigenvalue weighted by Crippen LogP contribution is 2.32. The third-order valence-corrected chi connectivity index (χ3v) is 7.55. The van der Waals surface area contributed by atoms with E-state index in [-0.39, 0.29) is 36.8 Å². The molecule has 1 fully saturated rings. The van der Waals surface area contributed by atoms with Gasteiger partial charge in [-0.3, -0.25) is 20.1 Å². The van der Waals surface area contributed by atoms with E-state index in [0.717, 1.165) is 11.6 Å². The number of halogens is 6. The van der Waals surface area contributed by atoms with Crippen LogP contribution in [0.1, 0.15) is 30.9 Å². The van der Waals surface area contributed by atoms with E-state index in [0.29, 0.717) is 50.6 Å². The Morgan fingerprint density at radius 3 is 2.47 bits per heavy atom. The molecule has 8 nitrogen and oxygen atoms in total. The van der Waals surface area contributed by atoms with Gasteiger partial charge in [0.2, 0.25) is 5.91 Å². The molecule has 1 aliphatic carbocycles. The maximum atomic E-state index is 13.1. The average Bonchev–Trinajstić information content (AvgIpc) is 3.33. The molecule has 3 heterocycles. The van der Waals surface area contributed by atoms with Crippen molar-refractivity contribution in [3.05, 3.63) is 77.8 Å². The van der Waals surface area contributed by atoms with E-state index in [1.807, 2.05) is 9.80 Å². The number of hydrogen-bond acceptors (Lipinski definition) is 7. The number of carbonyl (C=O) groups excluding carboxylic acids is 1. The number of rotatable bonds is 6. The van der Waals surface area contributed by atoms with Crippen LogP contribution in [0.15, 0.2) is 82.2 Å². The molecule has 2 atom stereocenters. The summed E-state index contributed by atoms with van der Waals surface area (Å²) in [7, 11) is 0. The summed E-state index contributed by atoms with van der Waals surface area (Å²) in [5, 5.41) is 3.31. The van der Waals surface area contributed by atoms with Crippen molar-refractivity contribution in [1.29, 1.82) is 0 Å². The number of nitrogens with zero attached hydrogens (tertiary/aromatic N) is 5. The van der Waals surface area contributed by atoms with Crippen LogP contribution in [0.5, 0.6) is 5.75 Å². The molecule has 1 aromatic carbocycles. The Kier molecular flexibility index (Phi) is 8.95. The number of benzene rings is 1. The number of piperazine rings is 1. The van der Waals surface area contributed by atoms with Crippen LogP contribution in [0, 0.1) is 0 Å². The fraction of sp³-hybridized carbons (Fsp3) is 0.414. The Balaban J connectivity index is 1.15. The van der Waals surface area contributed by atoms with Gasteiger partial charge in [-0.1, -0.05) is 30.4 Å². The van der Waals surface area contributed by atoms with Gasteiger partial charge in [0.15, 0.2) is 0 Å². The maximum Gasteiger partial charge on any atom is 0.573 e. The number of amidine groups is 1. The van der Waals surface area contributed by atoms with Crippen molar-refractivity contribution >= 4 is 18.0 Å². The molecule has 43 heavy (non-hydrogen) atoms. The highest BCUT2D eigenvalue weighted by atomic mass is 19.4. The molecule has 230 valence electrons. The lowest BCUT2D eigenvalue weighted by atomic mass is 10.0. The highest BCUT2D eigenvalue weighted by molar-refractivity contribution is 6.30. The zero-order valence-corrected chi connectivity index (χ0v) is 23.0. The second kappa shape index (κ2) is 12.7. The fourth-order valence-corrected chi connectivity index (χ4v) is 5.33. The monoisotopic (exact) mass is 608 g/mol. The first-order chi connectivity index (χ1) is 20.5. The smallest absolute Gasteiger partial charge is 0.406 e. The standard InChI is InChI=1S/C29H30F6N6O2/c30-28(31,32)21-2-1-3-22(7-6-21)39-14-16-40(17-15-39)27(42)19-37-25-11-10-24(38-26-18-36-12-13-41(25)26)20-4-8-23(9-5-20)43-29(33,34)35/h1-5,7-9,12-13,18,24-25,37H,6,10-11,14-17,19H2. The van der Waals surface area contributed by atoms with E-state index < -0.39 is 18.1 Å². The molecule has 0 aromatic heterocycles. The van der Waals surface area contributed by atoms with Gasteiger partial charge in [-0.05, 0) is 43.0 Å². The number of amides is 1. The van der Waals surface area contributed by atoms with Gasteiger partial charge in [-0.2, -0.15) is 13.2 Å². The first-order valence-corrected chi connectivity index (χ1v) is 13.8. The molecule has 0 spiro atoms. The SMILES string of the molecule is O=C(CNC1CCC(c2ccc(OC(F)(F)F)cc2)N=C2C=NC=CN21)N1CCN(C2=CCC(C(F)(F)F)=CC=C2)CC1. The molecule has 14 heteroatoms. The van der Waals surface area contributed by atoms with Gasteiger partial charge in [-0.15, -0.1) is 13.2 Å². The number of carbonyl (C=O) groups is 1. The minimum absolute atomic E-state index is 0.0645.